The normalized spacial score (nSPS) is 19.8. The zero-order valence-corrected chi connectivity index (χ0v) is 13.6. The van der Waals surface area contributed by atoms with Gasteiger partial charge in [0.15, 0.2) is 5.96 Å². The summed E-state index contributed by atoms with van der Waals surface area (Å²) in [6, 6.07) is 8.88. The minimum atomic E-state index is 0.631. The number of hydrogen-bond acceptors (Lipinski definition) is 3. The molecule has 1 aromatic rings. The Labute approximate surface area is 133 Å². The smallest absolute Gasteiger partial charge is 0.193 e. The molecule has 1 saturated carbocycles. The van der Waals surface area contributed by atoms with E-state index in [1.807, 2.05) is 19.2 Å². The van der Waals surface area contributed by atoms with Gasteiger partial charge >= 0.3 is 0 Å². The van der Waals surface area contributed by atoms with Gasteiger partial charge in [-0.1, -0.05) is 12.1 Å². The third-order valence-electron chi connectivity index (χ3n) is 4.66. The van der Waals surface area contributed by atoms with Gasteiger partial charge in [0.2, 0.25) is 0 Å². The van der Waals surface area contributed by atoms with Crippen molar-refractivity contribution in [2.75, 3.05) is 45.2 Å². The third-order valence-corrected chi connectivity index (χ3v) is 4.66. The third kappa shape index (κ3) is 3.13. The zero-order valence-electron chi connectivity index (χ0n) is 13.6. The summed E-state index contributed by atoms with van der Waals surface area (Å²) in [6.07, 6.45) is 3.90. The van der Waals surface area contributed by atoms with Crippen molar-refractivity contribution >= 4 is 11.6 Å². The molecular weight excluding hydrogens is 276 g/mol. The largest absolute Gasteiger partial charge is 0.495 e. The quantitative estimate of drug-likeness (QED) is 0.684. The molecule has 2 aliphatic rings. The second-order valence-corrected chi connectivity index (χ2v) is 5.97. The van der Waals surface area contributed by atoms with Gasteiger partial charge in [0, 0.05) is 39.3 Å². The summed E-state index contributed by atoms with van der Waals surface area (Å²) in [5.41, 5.74) is 1.19. The molecule has 1 aromatic carbocycles. The molecule has 3 rings (SSSR count). The average molecular weight is 302 g/mol. The molecular formula is C17H26N4O. The van der Waals surface area contributed by atoms with Crippen molar-refractivity contribution in [3.8, 4) is 5.75 Å². The van der Waals surface area contributed by atoms with Crippen molar-refractivity contribution < 1.29 is 4.74 Å². The van der Waals surface area contributed by atoms with Crippen LogP contribution >= 0.6 is 0 Å². The first kappa shape index (κ1) is 15.0. The zero-order chi connectivity index (χ0) is 15.4. The van der Waals surface area contributed by atoms with Crippen LogP contribution in [0.1, 0.15) is 19.3 Å². The number of nitrogens with zero attached hydrogens (tertiary/aromatic N) is 3. The van der Waals surface area contributed by atoms with Gasteiger partial charge in [-0.3, -0.25) is 4.99 Å². The van der Waals surface area contributed by atoms with Crippen LogP contribution in [0.3, 0.4) is 0 Å². The van der Waals surface area contributed by atoms with Crippen LogP contribution in [0.5, 0.6) is 5.75 Å². The lowest BCUT2D eigenvalue weighted by molar-refractivity contribution is 0.331. The lowest BCUT2D eigenvalue weighted by atomic mass is 9.93. The number of piperazine rings is 1. The summed E-state index contributed by atoms with van der Waals surface area (Å²) in [6.45, 7) is 3.96. The Morgan fingerprint density at radius 2 is 1.91 bits per heavy atom. The first-order valence-corrected chi connectivity index (χ1v) is 8.18. The van der Waals surface area contributed by atoms with Crippen LogP contribution in [0.25, 0.3) is 0 Å². The van der Waals surface area contributed by atoms with Crippen molar-refractivity contribution in [2.45, 2.75) is 25.3 Å². The Morgan fingerprint density at radius 3 is 2.50 bits per heavy atom. The van der Waals surface area contributed by atoms with Crippen LogP contribution < -0.4 is 15.0 Å². The molecule has 0 amide bonds. The molecule has 5 heteroatoms. The molecule has 1 heterocycles. The number of ether oxygens (including phenoxy) is 1. The van der Waals surface area contributed by atoms with E-state index in [-0.39, 0.29) is 0 Å². The van der Waals surface area contributed by atoms with E-state index in [1.54, 1.807) is 7.11 Å². The maximum absolute atomic E-state index is 5.48. The summed E-state index contributed by atoms with van der Waals surface area (Å²) in [7, 11) is 3.62. The van der Waals surface area contributed by atoms with E-state index in [0.29, 0.717) is 6.04 Å². The van der Waals surface area contributed by atoms with Gasteiger partial charge in [0.25, 0.3) is 0 Å². The van der Waals surface area contributed by atoms with E-state index in [4.69, 9.17) is 4.74 Å². The number of benzene rings is 1. The molecule has 22 heavy (non-hydrogen) atoms. The number of rotatable bonds is 3. The van der Waals surface area contributed by atoms with Gasteiger partial charge in [-0.25, -0.2) is 0 Å². The Hall–Kier alpha value is -1.91. The average Bonchev–Trinajstić information content (AvgIpc) is 2.54. The van der Waals surface area contributed by atoms with Gasteiger partial charge < -0.3 is 19.9 Å². The second-order valence-electron chi connectivity index (χ2n) is 5.97. The molecule has 2 fully saturated rings. The summed E-state index contributed by atoms with van der Waals surface area (Å²) >= 11 is 0. The fourth-order valence-corrected chi connectivity index (χ4v) is 3.08. The fraction of sp³-hybridized carbons (Fsp3) is 0.588. The lowest BCUT2D eigenvalue weighted by Gasteiger charge is -2.40. The molecule has 0 bridgehead atoms. The van der Waals surface area contributed by atoms with E-state index >= 15 is 0 Å². The SMILES string of the molecule is CN=C(NC1CCC1)N1CCN(c2ccccc2OC)CC1. The minimum Gasteiger partial charge on any atom is -0.495 e. The Balaban J connectivity index is 1.59. The first-order chi connectivity index (χ1) is 10.8. The molecule has 5 nitrogen and oxygen atoms in total. The van der Waals surface area contributed by atoms with Crippen LogP contribution in [0.4, 0.5) is 5.69 Å². The molecule has 120 valence electrons. The molecule has 0 unspecified atom stereocenters. The molecule has 1 N–H and O–H groups in total. The first-order valence-electron chi connectivity index (χ1n) is 8.18. The maximum atomic E-state index is 5.48. The molecule has 1 aliphatic heterocycles. The van der Waals surface area contributed by atoms with Crippen LogP contribution in [0.15, 0.2) is 29.3 Å². The van der Waals surface area contributed by atoms with Crippen molar-refractivity contribution in [1.82, 2.24) is 10.2 Å². The monoisotopic (exact) mass is 302 g/mol. The van der Waals surface area contributed by atoms with E-state index in [9.17, 15) is 0 Å². The van der Waals surface area contributed by atoms with Gasteiger partial charge in [-0.05, 0) is 31.4 Å². The number of guanidine groups is 1. The topological polar surface area (TPSA) is 40.1 Å². The summed E-state index contributed by atoms with van der Waals surface area (Å²) in [5.74, 6) is 2.01. The van der Waals surface area contributed by atoms with Crippen molar-refractivity contribution in [3.05, 3.63) is 24.3 Å². The van der Waals surface area contributed by atoms with E-state index in [1.165, 1.54) is 24.9 Å². The van der Waals surface area contributed by atoms with Gasteiger partial charge in [0.05, 0.1) is 12.8 Å². The van der Waals surface area contributed by atoms with Gasteiger partial charge in [-0.2, -0.15) is 0 Å². The highest BCUT2D eigenvalue weighted by Gasteiger charge is 2.24. The fourth-order valence-electron chi connectivity index (χ4n) is 3.08. The molecule has 1 aliphatic carbocycles. The molecule has 1 saturated heterocycles. The number of methoxy groups -OCH3 is 1. The van der Waals surface area contributed by atoms with Crippen LogP contribution in [0, 0.1) is 0 Å². The van der Waals surface area contributed by atoms with Crippen LogP contribution in [-0.4, -0.2) is 57.2 Å². The highest BCUT2D eigenvalue weighted by atomic mass is 16.5. The van der Waals surface area contributed by atoms with Crippen LogP contribution in [0.2, 0.25) is 0 Å². The van der Waals surface area contributed by atoms with Crippen molar-refractivity contribution in [3.63, 3.8) is 0 Å². The highest BCUT2D eigenvalue weighted by Crippen LogP contribution is 2.28. The van der Waals surface area contributed by atoms with Crippen molar-refractivity contribution in [1.29, 1.82) is 0 Å². The standard InChI is InChI=1S/C17H26N4O/c1-18-17(19-14-6-5-7-14)21-12-10-20(11-13-21)15-8-3-4-9-16(15)22-2/h3-4,8-9,14H,5-7,10-13H2,1-2H3,(H,18,19). The number of anilines is 1. The Morgan fingerprint density at radius 1 is 1.18 bits per heavy atom. The predicted octanol–water partition coefficient (Wildman–Crippen LogP) is 1.95. The molecule has 0 atom stereocenters. The summed E-state index contributed by atoms with van der Waals surface area (Å²) < 4.78 is 5.48. The maximum Gasteiger partial charge on any atom is 0.193 e. The van der Waals surface area contributed by atoms with Crippen LogP contribution in [-0.2, 0) is 0 Å². The number of hydrogen-bond donors (Lipinski definition) is 1. The van der Waals surface area contributed by atoms with Gasteiger partial charge in [-0.15, -0.1) is 0 Å². The van der Waals surface area contributed by atoms with E-state index in [2.05, 4.69) is 32.2 Å². The summed E-state index contributed by atoms with van der Waals surface area (Å²) in [5, 5.41) is 3.58. The number of para-hydroxylation sites is 2. The summed E-state index contributed by atoms with van der Waals surface area (Å²) in [4.78, 5) is 9.21. The number of aliphatic imine (C=N–C) groups is 1. The Kier molecular flexibility index (Phi) is 4.71. The Bertz CT molecular complexity index is 519. The lowest BCUT2D eigenvalue weighted by Crippen LogP contribution is -2.55. The highest BCUT2D eigenvalue weighted by molar-refractivity contribution is 5.80. The van der Waals surface area contributed by atoms with Gasteiger partial charge in [0.1, 0.15) is 5.75 Å². The van der Waals surface area contributed by atoms with E-state index < -0.39 is 0 Å². The molecule has 0 spiro atoms. The molecule has 0 aromatic heterocycles. The second kappa shape index (κ2) is 6.90. The number of nitrogens with one attached hydrogen (secondary N) is 1. The molecule has 0 radical (unpaired) electrons. The minimum absolute atomic E-state index is 0.631. The predicted molar refractivity (Wildman–Crippen MR) is 90.9 cm³/mol. The van der Waals surface area contributed by atoms with Crippen molar-refractivity contribution in [2.24, 2.45) is 4.99 Å². The van der Waals surface area contributed by atoms with E-state index in [0.717, 1.165) is 37.9 Å².